The van der Waals surface area contributed by atoms with Crippen molar-refractivity contribution < 1.29 is 23.9 Å². The average molecular weight is 455 g/mol. The third-order valence-corrected chi connectivity index (χ3v) is 6.23. The van der Waals surface area contributed by atoms with Crippen molar-refractivity contribution >= 4 is 29.1 Å². The molecule has 3 aliphatic rings. The van der Waals surface area contributed by atoms with Gasteiger partial charge in [0.25, 0.3) is 11.8 Å². The van der Waals surface area contributed by atoms with Gasteiger partial charge in [-0.2, -0.15) is 0 Å². The number of amides is 3. The number of benzene rings is 3. The monoisotopic (exact) mass is 455 g/mol. The molecule has 6 rings (SSSR count). The molecule has 1 N–H and O–H groups in total. The molecule has 0 aromatic heterocycles. The largest absolute Gasteiger partial charge is 0.490 e. The first-order valence-corrected chi connectivity index (χ1v) is 11.1. The second-order valence-electron chi connectivity index (χ2n) is 8.35. The van der Waals surface area contributed by atoms with Crippen LogP contribution in [0.25, 0.3) is 0 Å². The molecule has 3 amide bonds. The molecule has 8 heteroatoms. The van der Waals surface area contributed by atoms with Crippen LogP contribution in [0.5, 0.6) is 11.5 Å². The van der Waals surface area contributed by atoms with Crippen LogP contribution >= 0.6 is 0 Å². The maximum Gasteiger partial charge on any atom is 0.260 e. The molecule has 0 unspecified atom stereocenters. The Kier molecular flexibility index (Phi) is 4.72. The summed E-state index contributed by atoms with van der Waals surface area (Å²) in [4.78, 5) is 42.8. The molecular formula is C26H21N3O5. The lowest BCUT2D eigenvalue weighted by Gasteiger charge is -2.40. The number of rotatable bonds is 3. The first-order valence-electron chi connectivity index (χ1n) is 11.1. The van der Waals surface area contributed by atoms with Crippen molar-refractivity contribution in [2.45, 2.75) is 12.6 Å². The van der Waals surface area contributed by atoms with Gasteiger partial charge in [0.15, 0.2) is 11.5 Å². The molecule has 0 spiro atoms. The highest BCUT2D eigenvalue weighted by Gasteiger charge is 2.48. The lowest BCUT2D eigenvalue weighted by atomic mass is 10.0. The van der Waals surface area contributed by atoms with Crippen LogP contribution in [0.15, 0.2) is 66.7 Å². The Morgan fingerprint density at radius 2 is 1.62 bits per heavy atom. The molecule has 0 fully saturated rings. The van der Waals surface area contributed by atoms with Gasteiger partial charge in [-0.1, -0.05) is 30.3 Å². The summed E-state index contributed by atoms with van der Waals surface area (Å²) in [7, 11) is 0. The Labute approximate surface area is 195 Å². The van der Waals surface area contributed by atoms with Crippen LogP contribution < -0.4 is 19.7 Å². The van der Waals surface area contributed by atoms with E-state index in [1.807, 2.05) is 12.1 Å². The molecule has 0 radical (unpaired) electrons. The van der Waals surface area contributed by atoms with Crippen molar-refractivity contribution in [3.05, 3.63) is 83.4 Å². The van der Waals surface area contributed by atoms with E-state index in [-0.39, 0.29) is 24.3 Å². The smallest absolute Gasteiger partial charge is 0.260 e. The SMILES string of the molecule is O=C(CN1C(=O)c2ccccc2N2C(=O)c3ccccc3[C@H]12)Nc1ccc2c(c1)OCCCO2. The van der Waals surface area contributed by atoms with Crippen LogP contribution in [-0.4, -0.2) is 42.4 Å². The summed E-state index contributed by atoms with van der Waals surface area (Å²) < 4.78 is 11.3. The van der Waals surface area contributed by atoms with Crippen LogP contribution in [0.2, 0.25) is 0 Å². The topological polar surface area (TPSA) is 88.2 Å². The molecule has 0 saturated carbocycles. The van der Waals surface area contributed by atoms with Gasteiger partial charge in [-0.25, -0.2) is 0 Å². The maximum absolute atomic E-state index is 13.5. The van der Waals surface area contributed by atoms with Crippen molar-refractivity contribution in [3.8, 4) is 11.5 Å². The van der Waals surface area contributed by atoms with Crippen LogP contribution in [0.4, 0.5) is 11.4 Å². The minimum absolute atomic E-state index is 0.186. The molecule has 34 heavy (non-hydrogen) atoms. The van der Waals surface area contributed by atoms with E-state index in [0.29, 0.717) is 52.8 Å². The quantitative estimate of drug-likeness (QED) is 0.652. The Morgan fingerprint density at radius 3 is 2.47 bits per heavy atom. The summed E-state index contributed by atoms with van der Waals surface area (Å²) in [5, 5.41) is 2.85. The number of para-hydroxylation sites is 1. The standard InChI is InChI=1S/C26H21N3O5/c30-23(27-16-10-11-21-22(14-16)34-13-5-12-33-21)15-28-24-17-6-1-2-7-18(17)26(32)29(24)20-9-4-3-8-19(20)25(28)31/h1-4,6-11,14,24H,5,12-13,15H2,(H,27,30)/t24-/m1/s1. The highest BCUT2D eigenvalue weighted by Crippen LogP contribution is 2.45. The van der Waals surface area contributed by atoms with Crippen molar-refractivity contribution in [2.75, 3.05) is 30.0 Å². The number of fused-ring (bicyclic) bond motifs is 6. The van der Waals surface area contributed by atoms with Crippen LogP contribution in [0.3, 0.4) is 0 Å². The zero-order valence-electron chi connectivity index (χ0n) is 18.2. The fraction of sp³-hybridized carbons (Fsp3) is 0.192. The number of nitrogens with one attached hydrogen (secondary N) is 1. The van der Waals surface area contributed by atoms with E-state index >= 15 is 0 Å². The van der Waals surface area contributed by atoms with Crippen molar-refractivity contribution in [1.29, 1.82) is 0 Å². The third kappa shape index (κ3) is 3.18. The summed E-state index contributed by atoms with van der Waals surface area (Å²) in [6.07, 6.45) is 0.105. The normalized spacial score (nSPS) is 18.1. The van der Waals surface area contributed by atoms with E-state index in [9.17, 15) is 14.4 Å². The van der Waals surface area contributed by atoms with E-state index in [1.165, 1.54) is 4.90 Å². The zero-order chi connectivity index (χ0) is 23.2. The van der Waals surface area contributed by atoms with Gasteiger partial charge in [-0.05, 0) is 30.3 Å². The Hall–Kier alpha value is -4.33. The third-order valence-electron chi connectivity index (χ3n) is 6.23. The maximum atomic E-state index is 13.5. The highest BCUT2D eigenvalue weighted by molar-refractivity contribution is 6.17. The number of hydrogen-bond acceptors (Lipinski definition) is 5. The van der Waals surface area contributed by atoms with E-state index in [2.05, 4.69) is 5.32 Å². The molecule has 170 valence electrons. The van der Waals surface area contributed by atoms with E-state index < -0.39 is 6.17 Å². The molecule has 3 aromatic rings. The van der Waals surface area contributed by atoms with Gasteiger partial charge in [0.2, 0.25) is 5.91 Å². The van der Waals surface area contributed by atoms with Gasteiger partial charge < -0.3 is 19.7 Å². The number of nitrogens with zero attached hydrogens (tertiary/aromatic N) is 2. The van der Waals surface area contributed by atoms with Gasteiger partial charge in [-0.3, -0.25) is 19.3 Å². The van der Waals surface area contributed by atoms with Gasteiger partial charge >= 0.3 is 0 Å². The zero-order valence-corrected chi connectivity index (χ0v) is 18.2. The number of carbonyl (C=O) groups is 3. The Bertz CT molecular complexity index is 1340. The highest BCUT2D eigenvalue weighted by atomic mass is 16.5. The number of ether oxygens (including phenoxy) is 2. The average Bonchev–Trinajstić information content (AvgIpc) is 2.99. The molecular weight excluding hydrogens is 434 g/mol. The lowest BCUT2D eigenvalue weighted by molar-refractivity contribution is -0.117. The van der Waals surface area contributed by atoms with E-state index in [4.69, 9.17) is 9.47 Å². The van der Waals surface area contributed by atoms with Crippen LogP contribution in [0.1, 0.15) is 38.9 Å². The molecule has 0 saturated heterocycles. The second kappa shape index (κ2) is 7.91. The molecule has 0 bridgehead atoms. The predicted molar refractivity (Wildman–Crippen MR) is 124 cm³/mol. The summed E-state index contributed by atoms with van der Waals surface area (Å²) in [6, 6.07) is 19.4. The lowest BCUT2D eigenvalue weighted by Crippen LogP contribution is -2.50. The van der Waals surface area contributed by atoms with Gasteiger partial charge in [0, 0.05) is 29.3 Å². The summed E-state index contributed by atoms with van der Waals surface area (Å²) in [5.74, 6) is 0.345. The minimum Gasteiger partial charge on any atom is -0.490 e. The fourth-order valence-corrected chi connectivity index (χ4v) is 4.73. The number of anilines is 2. The van der Waals surface area contributed by atoms with Crippen molar-refractivity contribution in [1.82, 2.24) is 4.90 Å². The first kappa shape index (κ1) is 20.3. The first-order chi connectivity index (χ1) is 16.6. The number of hydrogen-bond donors (Lipinski definition) is 1. The minimum atomic E-state index is -0.680. The van der Waals surface area contributed by atoms with Gasteiger partial charge in [0.1, 0.15) is 12.7 Å². The van der Waals surface area contributed by atoms with Gasteiger partial charge in [-0.15, -0.1) is 0 Å². The van der Waals surface area contributed by atoms with Gasteiger partial charge in [0.05, 0.1) is 24.5 Å². The molecule has 3 heterocycles. The van der Waals surface area contributed by atoms with Crippen LogP contribution in [-0.2, 0) is 4.79 Å². The van der Waals surface area contributed by atoms with Crippen molar-refractivity contribution in [2.24, 2.45) is 0 Å². The Morgan fingerprint density at radius 1 is 0.882 bits per heavy atom. The molecule has 3 aromatic carbocycles. The van der Waals surface area contributed by atoms with E-state index in [0.717, 1.165) is 6.42 Å². The molecule has 8 nitrogen and oxygen atoms in total. The fourth-order valence-electron chi connectivity index (χ4n) is 4.73. The van der Waals surface area contributed by atoms with Crippen molar-refractivity contribution in [3.63, 3.8) is 0 Å². The Balaban J connectivity index is 1.31. The summed E-state index contributed by atoms with van der Waals surface area (Å²) in [6.45, 7) is 0.900. The summed E-state index contributed by atoms with van der Waals surface area (Å²) in [5.41, 5.74) is 2.73. The molecule has 1 atom stereocenters. The molecule has 3 aliphatic heterocycles. The predicted octanol–water partition coefficient (Wildman–Crippen LogP) is 3.60. The second-order valence-corrected chi connectivity index (χ2v) is 8.35. The summed E-state index contributed by atoms with van der Waals surface area (Å²) >= 11 is 0. The van der Waals surface area contributed by atoms with Crippen LogP contribution in [0, 0.1) is 0 Å². The number of carbonyl (C=O) groups excluding carboxylic acids is 3. The molecule has 0 aliphatic carbocycles. The van der Waals surface area contributed by atoms with E-state index in [1.54, 1.807) is 59.5 Å².